The fraction of sp³-hybridized carbons (Fsp3) is 0.286. The maximum absolute atomic E-state index is 12.7. The number of benzene rings is 2. The molecule has 2 aromatic carbocycles. The largest absolute Gasteiger partial charge is 0.496 e. The summed E-state index contributed by atoms with van der Waals surface area (Å²) in [6.07, 6.45) is -0.984. The van der Waals surface area contributed by atoms with Crippen molar-refractivity contribution in [3.63, 3.8) is 0 Å². The fourth-order valence-electron chi connectivity index (χ4n) is 3.00. The van der Waals surface area contributed by atoms with Crippen molar-refractivity contribution >= 4 is 28.3 Å². The Morgan fingerprint density at radius 1 is 1.14 bits per heavy atom. The molecule has 1 N–H and O–H groups in total. The van der Waals surface area contributed by atoms with E-state index in [1.807, 2.05) is 31.2 Å². The molecule has 0 saturated carbocycles. The molecule has 0 bridgehead atoms. The van der Waals surface area contributed by atoms with Gasteiger partial charge in [0.1, 0.15) is 11.3 Å². The zero-order valence-electron chi connectivity index (χ0n) is 16.6. The molecule has 146 valence electrons. The predicted molar refractivity (Wildman–Crippen MR) is 107 cm³/mol. The van der Waals surface area contributed by atoms with Crippen LogP contribution in [0.3, 0.4) is 0 Å². The Kier molecular flexibility index (Phi) is 5.35. The van der Waals surface area contributed by atoms with E-state index in [1.54, 1.807) is 30.8 Å². The zero-order valence-corrected chi connectivity index (χ0v) is 16.6. The van der Waals surface area contributed by atoms with Gasteiger partial charge in [0, 0.05) is 7.05 Å². The second-order valence-corrected chi connectivity index (χ2v) is 6.61. The monoisotopic (exact) mass is 381 g/mol. The number of carbonyl (C=O) groups excluding carboxylic acids is 2. The Hall–Kier alpha value is -3.35. The van der Waals surface area contributed by atoms with Gasteiger partial charge >= 0.3 is 5.97 Å². The van der Waals surface area contributed by atoms with E-state index in [0.29, 0.717) is 17.1 Å². The Morgan fingerprint density at radius 3 is 2.36 bits per heavy atom. The molecule has 1 amide bonds. The molecule has 3 rings (SSSR count). The number of fused-ring (bicyclic) bond motifs is 1. The van der Waals surface area contributed by atoms with Gasteiger partial charge in [-0.15, -0.1) is 0 Å². The molecule has 0 saturated heterocycles. The van der Waals surface area contributed by atoms with Gasteiger partial charge in [-0.25, -0.2) is 4.79 Å². The number of amides is 1. The lowest BCUT2D eigenvalue weighted by molar-refractivity contribution is -0.123. The zero-order chi connectivity index (χ0) is 20.4. The van der Waals surface area contributed by atoms with Crippen LogP contribution in [0.1, 0.15) is 28.7 Å². The number of ether oxygens (including phenoxy) is 2. The number of carbonyl (C=O) groups is 2. The van der Waals surface area contributed by atoms with Crippen LogP contribution in [0.2, 0.25) is 0 Å². The summed E-state index contributed by atoms with van der Waals surface area (Å²) in [5.41, 5.74) is 2.41. The van der Waals surface area contributed by atoms with E-state index in [0.717, 1.165) is 16.5 Å². The van der Waals surface area contributed by atoms with Crippen molar-refractivity contribution in [3.8, 4) is 5.75 Å². The second kappa shape index (κ2) is 7.72. The lowest BCUT2D eigenvalue weighted by Gasteiger charge is -2.15. The van der Waals surface area contributed by atoms with Crippen molar-refractivity contribution in [1.82, 2.24) is 9.78 Å². The quantitative estimate of drug-likeness (QED) is 0.685. The number of anilines is 1. The number of aromatic nitrogens is 2. The van der Waals surface area contributed by atoms with Crippen molar-refractivity contribution in [2.24, 2.45) is 7.05 Å². The Labute approximate surface area is 163 Å². The van der Waals surface area contributed by atoms with Crippen molar-refractivity contribution in [2.75, 3.05) is 12.4 Å². The van der Waals surface area contributed by atoms with E-state index in [9.17, 15) is 9.59 Å². The maximum Gasteiger partial charge on any atom is 0.342 e. The Morgan fingerprint density at radius 2 is 1.79 bits per heavy atom. The highest BCUT2D eigenvalue weighted by molar-refractivity contribution is 6.01. The van der Waals surface area contributed by atoms with Crippen molar-refractivity contribution < 1.29 is 19.1 Å². The highest BCUT2D eigenvalue weighted by Gasteiger charge is 2.23. The second-order valence-electron chi connectivity index (χ2n) is 6.61. The Balaban J connectivity index is 1.78. The summed E-state index contributed by atoms with van der Waals surface area (Å²) in [6, 6.07) is 11.1. The number of esters is 1. The average molecular weight is 381 g/mol. The third-order valence-corrected chi connectivity index (χ3v) is 4.70. The summed E-state index contributed by atoms with van der Waals surface area (Å²) in [6.45, 7) is 5.19. The van der Waals surface area contributed by atoms with Gasteiger partial charge in [-0.1, -0.05) is 24.3 Å². The van der Waals surface area contributed by atoms with Gasteiger partial charge in [0.25, 0.3) is 5.91 Å². The molecular formula is C21H23N3O4. The molecule has 0 aliphatic rings. The molecule has 1 heterocycles. The molecule has 3 aromatic rings. The predicted octanol–water partition coefficient (Wildman–Crippen LogP) is 3.38. The topological polar surface area (TPSA) is 82.4 Å². The van der Waals surface area contributed by atoms with Gasteiger partial charge < -0.3 is 14.8 Å². The molecule has 0 unspecified atom stereocenters. The smallest absolute Gasteiger partial charge is 0.342 e. The number of nitrogens with one attached hydrogen (secondary N) is 1. The summed E-state index contributed by atoms with van der Waals surface area (Å²) < 4.78 is 12.4. The van der Waals surface area contributed by atoms with Crippen LogP contribution in [0, 0.1) is 13.8 Å². The first-order chi connectivity index (χ1) is 13.3. The van der Waals surface area contributed by atoms with Gasteiger partial charge in [0.2, 0.25) is 0 Å². The normalized spacial score (nSPS) is 11.9. The number of hydrogen-bond acceptors (Lipinski definition) is 5. The van der Waals surface area contributed by atoms with Crippen LogP contribution in [0.15, 0.2) is 36.4 Å². The first-order valence-corrected chi connectivity index (χ1v) is 8.90. The molecule has 0 spiro atoms. The minimum atomic E-state index is -0.984. The number of nitrogens with zero attached hydrogens (tertiary/aromatic N) is 2. The van der Waals surface area contributed by atoms with E-state index in [4.69, 9.17) is 9.47 Å². The molecule has 7 nitrogen and oxygen atoms in total. The first-order valence-electron chi connectivity index (χ1n) is 8.90. The number of aryl methyl sites for hydroxylation is 2. The van der Waals surface area contributed by atoms with E-state index < -0.39 is 18.0 Å². The van der Waals surface area contributed by atoms with Crippen LogP contribution in [0.4, 0.5) is 5.69 Å². The standard InChI is InChI=1S/C21H23N3O4/c1-12-19(13(2)24(4)23-12)22-20(25)14(3)28-21(26)17-10-15-8-6-7-9-16(15)11-18(17)27-5/h6-11,14H,1-5H3,(H,22,25)/t14-/m0/s1. The molecule has 0 fully saturated rings. The van der Waals surface area contributed by atoms with Gasteiger partial charge in [0.15, 0.2) is 6.10 Å². The maximum atomic E-state index is 12.7. The molecule has 28 heavy (non-hydrogen) atoms. The summed E-state index contributed by atoms with van der Waals surface area (Å²) in [5, 5.41) is 8.88. The summed E-state index contributed by atoms with van der Waals surface area (Å²) in [5.74, 6) is -0.646. The molecule has 7 heteroatoms. The molecule has 1 atom stereocenters. The molecule has 0 radical (unpaired) electrons. The molecular weight excluding hydrogens is 358 g/mol. The van der Waals surface area contributed by atoms with E-state index >= 15 is 0 Å². The van der Waals surface area contributed by atoms with E-state index in [2.05, 4.69) is 10.4 Å². The minimum absolute atomic E-state index is 0.273. The van der Waals surface area contributed by atoms with Gasteiger partial charge in [-0.3, -0.25) is 9.48 Å². The molecule has 0 aliphatic heterocycles. The Bertz CT molecular complexity index is 1060. The SMILES string of the molecule is COc1cc2ccccc2cc1C(=O)O[C@@H](C)C(=O)Nc1c(C)nn(C)c1C. The van der Waals surface area contributed by atoms with Crippen LogP contribution in [-0.4, -0.2) is 34.9 Å². The number of methoxy groups -OCH3 is 1. The van der Waals surface area contributed by atoms with E-state index in [-0.39, 0.29) is 5.56 Å². The summed E-state index contributed by atoms with van der Waals surface area (Å²) in [4.78, 5) is 25.2. The summed E-state index contributed by atoms with van der Waals surface area (Å²) in [7, 11) is 3.29. The third kappa shape index (κ3) is 3.69. The van der Waals surface area contributed by atoms with E-state index in [1.165, 1.54) is 14.0 Å². The van der Waals surface area contributed by atoms with Crippen LogP contribution < -0.4 is 10.1 Å². The summed E-state index contributed by atoms with van der Waals surface area (Å²) >= 11 is 0. The van der Waals surface area contributed by atoms with Crippen LogP contribution in [-0.2, 0) is 16.6 Å². The van der Waals surface area contributed by atoms with Crippen LogP contribution >= 0.6 is 0 Å². The highest BCUT2D eigenvalue weighted by Crippen LogP contribution is 2.27. The van der Waals surface area contributed by atoms with Crippen LogP contribution in [0.25, 0.3) is 10.8 Å². The average Bonchev–Trinajstić information content (AvgIpc) is 2.92. The van der Waals surface area contributed by atoms with Gasteiger partial charge in [-0.2, -0.15) is 5.10 Å². The lowest BCUT2D eigenvalue weighted by Crippen LogP contribution is -2.30. The van der Waals surface area contributed by atoms with Gasteiger partial charge in [-0.05, 0) is 43.7 Å². The molecule has 0 aliphatic carbocycles. The van der Waals surface area contributed by atoms with Crippen molar-refractivity contribution in [1.29, 1.82) is 0 Å². The van der Waals surface area contributed by atoms with Crippen molar-refractivity contribution in [3.05, 3.63) is 53.3 Å². The van der Waals surface area contributed by atoms with Gasteiger partial charge in [0.05, 0.1) is 24.2 Å². The first kappa shape index (κ1) is 19.4. The minimum Gasteiger partial charge on any atom is -0.496 e. The van der Waals surface area contributed by atoms with Crippen molar-refractivity contribution in [2.45, 2.75) is 26.9 Å². The van der Waals surface area contributed by atoms with Crippen LogP contribution in [0.5, 0.6) is 5.75 Å². The highest BCUT2D eigenvalue weighted by atomic mass is 16.5. The lowest BCUT2D eigenvalue weighted by atomic mass is 10.1. The third-order valence-electron chi connectivity index (χ3n) is 4.70. The molecule has 1 aromatic heterocycles. The number of rotatable bonds is 5. The fourth-order valence-corrected chi connectivity index (χ4v) is 3.00. The number of hydrogen-bond donors (Lipinski definition) is 1.